The Morgan fingerprint density at radius 1 is 1.11 bits per heavy atom. The first kappa shape index (κ1) is 26.8. The number of para-hydroxylation sites is 1. The van der Waals surface area contributed by atoms with Gasteiger partial charge in [-0.2, -0.15) is 5.10 Å². The molecule has 0 bridgehead atoms. The molecule has 5 rings (SSSR count). The number of nitrogens with zero attached hydrogens (tertiary/aromatic N) is 3. The number of thiophene rings is 1. The minimum absolute atomic E-state index is 0.0336. The number of hydrogen-bond donors (Lipinski definition) is 1. The SMILES string of the molecule is CCOC(=O)C1CCN(Cc2cc(-c3ccc(-c4cccc(S(=O)O)c4)s3)n(-c3ccccc3Cl)n2)CC1. The van der Waals surface area contributed by atoms with Crippen LogP contribution >= 0.6 is 22.9 Å². The average Bonchev–Trinajstić information content (AvgIpc) is 3.57. The summed E-state index contributed by atoms with van der Waals surface area (Å²) in [6.07, 6.45) is 1.56. The number of ether oxygens (including phenoxy) is 1. The van der Waals surface area contributed by atoms with Crippen LogP contribution in [0.1, 0.15) is 25.5 Å². The fourth-order valence-corrected chi connectivity index (χ4v) is 6.34. The second kappa shape index (κ2) is 11.9. The van der Waals surface area contributed by atoms with Gasteiger partial charge >= 0.3 is 5.97 Å². The van der Waals surface area contributed by atoms with Crippen LogP contribution in [0.3, 0.4) is 0 Å². The van der Waals surface area contributed by atoms with Crippen LogP contribution in [-0.4, -0.2) is 49.1 Å². The van der Waals surface area contributed by atoms with E-state index in [0.29, 0.717) is 23.1 Å². The summed E-state index contributed by atoms with van der Waals surface area (Å²) in [7, 11) is 0. The Balaban J connectivity index is 1.43. The highest BCUT2D eigenvalue weighted by Crippen LogP contribution is 2.37. The number of piperidine rings is 1. The van der Waals surface area contributed by atoms with E-state index in [2.05, 4.69) is 11.0 Å². The molecule has 1 atom stereocenters. The van der Waals surface area contributed by atoms with Gasteiger partial charge in [0.05, 0.1) is 44.4 Å². The number of rotatable bonds is 8. The average molecular weight is 570 g/mol. The van der Waals surface area contributed by atoms with E-state index in [1.54, 1.807) is 29.5 Å². The van der Waals surface area contributed by atoms with E-state index in [4.69, 9.17) is 21.4 Å². The highest BCUT2D eigenvalue weighted by molar-refractivity contribution is 7.79. The van der Waals surface area contributed by atoms with Crippen molar-refractivity contribution >= 4 is 40.0 Å². The molecule has 0 spiro atoms. The molecule has 2 aromatic heterocycles. The van der Waals surface area contributed by atoms with Gasteiger partial charge < -0.3 is 9.29 Å². The zero-order chi connectivity index (χ0) is 26.6. The lowest BCUT2D eigenvalue weighted by Gasteiger charge is -2.30. The number of likely N-dealkylation sites (tertiary alicyclic amines) is 1. The fraction of sp³-hybridized carbons (Fsp3) is 0.286. The van der Waals surface area contributed by atoms with Crippen LogP contribution in [0.25, 0.3) is 26.7 Å². The number of carbonyl (C=O) groups excluding carboxylic acids is 1. The molecule has 10 heteroatoms. The minimum Gasteiger partial charge on any atom is -0.466 e. The summed E-state index contributed by atoms with van der Waals surface area (Å²) in [5, 5.41) is 5.55. The van der Waals surface area contributed by atoms with E-state index in [1.165, 1.54) is 0 Å². The first-order valence-electron chi connectivity index (χ1n) is 12.5. The molecular weight excluding hydrogens is 542 g/mol. The Morgan fingerprint density at radius 2 is 1.87 bits per heavy atom. The van der Waals surface area contributed by atoms with Crippen molar-refractivity contribution in [2.45, 2.75) is 31.2 Å². The molecular formula is C28H28ClN3O4S2. The van der Waals surface area contributed by atoms with E-state index in [-0.39, 0.29) is 11.9 Å². The van der Waals surface area contributed by atoms with Gasteiger partial charge in [-0.05, 0) is 80.9 Å². The van der Waals surface area contributed by atoms with E-state index in [0.717, 1.165) is 58.3 Å². The first-order valence-corrected chi connectivity index (χ1v) is 14.8. The topological polar surface area (TPSA) is 84.7 Å². The lowest BCUT2D eigenvalue weighted by molar-refractivity contribution is -0.149. The van der Waals surface area contributed by atoms with Crippen LogP contribution in [-0.2, 0) is 27.2 Å². The third kappa shape index (κ3) is 5.92. The summed E-state index contributed by atoms with van der Waals surface area (Å²) in [5.41, 5.74) is 3.52. The molecule has 1 aliphatic rings. The Bertz CT molecular complexity index is 1460. The van der Waals surface area contributed by atoms with Gasteiger partial charge in [-0.15, -0.1) is 11.3 Å². The third-order valence-electron chi connectivity index (χ3n) is 6.61. The maximum Gasteiger partial charge on any atom is 0.309 e. The van der Waals surface area contributed by atoms with Crippen molar-refractivity contribution in [3.8, 4) is 26.7 Å². The number of benzene rings is 2. The van der Waals surface area contributed by atoms with Gasteiger partial charge in [0.1, 0.15) is 0 Å². The first-order chi connectivity index (χ1) is 18.4. The Kier molecular flexibility index (Phi) is 8.40. The van der Waals surface area contributed by atoms with E-state index < -0.39 is 11.1 Å². The second-order valence-electron chi connectivity index (χ2n) is 9.13. The van der Waals surface area contributed by atoms with E-state index in [9.17, 15) is 13.6 Å². The van der Waals surface area contributed by atoms with Crippen LogP contribution in [0.15, 0.2) is 71.6 Å². The highest BCUT2D eigenvalue weighted by Gasteiger charge is 2.27. The largest absolute Gasteiger partial charge is 0.466 e. The number of halogens is 1. The van der Waals surface area contributed by atoms with Gasteiger partial charge in [0, 0.05) is 11.4 Å². The molecule has 0 aliphatic carbocycles. The Labute approximate surface area is 233 Å². The molecule has 3 heterocycles. The molecule has 1 unspecified atom stereocenters. The lowest BCUT2D eigenvalue weighted by atomic mass is 9.97. The zero-order valence-electron chi connectivity index (χ0n) is 20.9. The molecule has 1 fully saturated rings. The summed E-state index contributed by atoms with van der Waals surface area (Å²) in [6, 6.07) is 20.9. The molecule has 7 nitrogen and oxygen atoms in total. The predicted octanol–water partition coefficient (Wildman–Crippen LogP) is 6.28. The number of aromatic nitrogens is 2. The molecule has 0 saturated carbocycles. The van der Waals surface area contributed by atoms with Gasteiger partial charge in [-0.25, -0.2) is 8.89 Å². The molecule has 0 amide bonds. The molecule has 38 heavy (non-hydrogen) atoms. The van der Waals surface area contributed by atoms with Gasteiger partial charge in [0.25, 0.3) is 0 Å². The second-order valence-corrected chi connectivity index (χ2v) is 11.6. The van der Waals surface area contributed by atoms with Crippen molar-refractivity contribution in [1.29, 1.82) is 0 Å². The molecule has 198 valence electrons. The summed E-state index contributed by atoms with van der Waals surface area (Å²) in [5.74, 6) is -0.129. The quantitative estimate of drug-likeness (QED) is 0.199. The van der Waals surface area contributed by atoms with E-state index in [1.807, 2.05) is 54.1 Å². The molecule has 0 radical (unpaired) electrons. The maximum atomic E-state index is 12.1. The highest BCUT2D eigenvalue weighted by atomic mass is 35.5. The van der Waals surface area contributed by atoms with Gasteiger partial charge in [0.15, 0.2) is 11.1 Å². The minimum atomic E-state index is -2.03. The lowest BCUT2D eigenvalue weighted by Crippen LogP contribution is -2.36. The molecule has 4 aromatic rings. The van der Waals surface area contributed by atoms with Crippen molar-refractivity contribution in [3.05, 3.63) is 77.4 Å². The summed E-state index contributed by atoms with van der Waals surface area (Å²) < 4.78 is 28.1. The van der Waals surface area contributed by atoms with Crippen LogP contribution in [0, 0.1) is 5.92 Å². The van der Waals surface area contributed by atoms with Crippen LogP contribution in [0.2, 0.25) is 5.02 Å². The number of carbonyl (C=O) groups is 1. The van der Waals surface area contributed by atoms with Gasteiger partial charge in [0.2, 0.25) is 0 Å². The predicted molar refractivity (Wildman–Crippen MR) is 151 cm³/mol. The summed E-state index contributed by atoms with van der Waals surface area (Å²) >= 11 is 6.13. The Morgan fingerprint density at radius 3 is 2.61 bits per heavy atom. The standard InChI is InChI=1S/C28H28ClN3O4S2/c1-2-36-28(33)19-12-14-31(15-13-19)18-21-17-25(32(30-21)24-9-4-3-8-23(24)29)27-11-10-26(37-27)20-6-5-7-22(16-20)38(34)35/h3-11,16-17,19H,2,12-15,18H2,1H3,(H,34,35). The van der Waals surface area contributed by atoms with Crippen molar-refractivity contribution in [1.82, 2.24) is 14.7 Å². The van der Waals surface area contributed by atoms with Crippen molar-refractivity contribution in [2.24, 2.45) is 5.92 Å². The van der Waals surface area contributed by atoms with Crippen molar-refractivity contribution < 1.29 is 18.3 Å². The summed E-state index contributed by atoms with van der Waals surface area (Å²) in [4.78, 5) is 16.8. The fourth-order valence-electron chi connectivity index (χ4n) is 4.69. The Hall–Kier alpha value is -2.82. The van der Waals surface area contributed by atoms with Crippen LogP contribution in [0.4, 0.5) is 0 Å². The zero-order valence-corrected chi connectivity index (χ0v) is 23.3. The maximum absolute atomic E-state index is 12.1. The summed E-state index contributed by atoms with van der Waals surface area (Å²) in [6.45, 7) is 4.54. The van der Waals surface area contributed by atoms with E-state index >= 15 is 0 Å². The van der Waals surface area contributed by atoms with Crippen molar-refractivity contribution in [3.63, 3.8) is 0 Å². The van der Waals surface area contributed by atoms with Crippen LogP contribution in [0.5, 0.6) is 0 Å². The van der Waals surface area contributed by atoms with Crippen molar-refractivity contribution in [2.75, 3.05) is 19.7 Å². The van der Waals surface area contributed by atoms with Gasteiger partial charge in [-0.3, -0.25) is 9.69 Å². The van der Waals surface area contributed by atoms with Gasteiger partial charge in [-0.1, -0.05) is 35.9 Å². The molecule has 2 aromatic carbocycles. The number of esters is 1. The molecule has 1 aliphatic heterocycles. The molecule has 1 saturated heterocycles. The third-order valence-corrected chi connectivity index (χ3v) is 8.75. The van der Waals surface area contributed by atoms with Crippen LogP contribution < -0.4 is 0 Å². The smallest absolute Gasteiger partial charge is 0.309 e. The molecule has 1 N–H and O–H groups in total. The number of hydrogen-bond acceptors (Lipinski definition) is 6. The monoisotopic (exact) mass is 569 g/mol. The normalized spacial score (nSPS) is 15.4.